The molecule has 15 heteroatoms. The number of amides is 1. The first-order valence-electron chi connectivity index (χ1n) is 16.0. The van der Waals surface area contributed by atoms with Crippen molar-refractivity contribution in [2.75, 3.05) is 55.7 Å². The molecule has 2 aromatic rings. The molecular formula is C29H48F3N11O. The monoisotopic (exact) mass is 623 g/mol. The largest absolute Gasteiger partial charge is 0.471 e. The molecule has 2 fully saturated rings. The molecule has 1 aliphatic carbocycles. The fraction of sp³-hybridized carbons (Fsp3) is 0.759. The molecule has 2 aromatic heterocycles. The Kier molecular flexibility index (Phi) is 12.8. The summed E-state index contributed by atoms with van der Waals surface area (Å²) in [4.78, 5) is 21.7. The van der Waals surface area contributed by atoms with Gasteiger partial charge in [-0.25, -0.2) is 0 Å². The van der Waals surface area contributed by atoms with Crippen LogP contribution in [0.15, 0.2) is 6.20 Å². The van der Waals surface area contributed by atoms with Crippen molar-refractivity contribution in [1.29, 1.82) is 0 Å². The summed E-state index contributed by atoms with van der Waals surface area (Å²) >= 11 is 0. The minimum atomic E-state index is -4.85. The SMILES string of the molecule is CCc1c(NC)nc(NCc2cn(CCCNCCCNC3CCCCC3)nn2)nc1NC1CCN(C(=O)C(F)(F)F)CC1. The van der Waals surface area contributed by atoms with Crippen molar-refractivity contribution in [1.82, 2.24) is 40.5 Å². The number of anilines is 3. The summed E-state index contributed by atoms with van der Waals surface area (Å²) < 4.78 is 40.3. The first-order valence-corrected chi connectivity index (χ1v) is 16.0. The molecule has 1 saturated heterocycles. The third-order valence-corrected chi connectivity index (χ3v) is 8.29. The summed E-state index contributed by atoms with van der Waals surface area (Å²) in [6, 6.07) is 0.600. The van der Waals surface area contributed by atoms with E-state index in [1.54, 1.807) is 7.05 Å². The zero-order valence-corrected chi connectivity index (χ0v) is 26.0. The van der Waals surface area contributed by atoms with Gasteiger partial charge in [-0.2, -0.15) is 23.1 Å². The van der Waals surface area contributed by atoms with Gasteiger partial charge in [0.05, 0.1) is 12.7 Å². The first-order chi connectivity index (χ1) is 21.3. The summed E-state index contributed by atoms with van der Waals surface area (Å²) in [5.74, 6) is -0.0952. The van der Waals surface area contributed by atoms with Crippen molar-refractivity contribution in [3.05, 3.63) is 17.5 Å². The van der Waals surface area contributed by atoms with Crippen molar-refractivity contribution >= 4 is 23.5 Å². The second kappa shape index (κ2) is 16.8. The number of hydrogen-bond donors (Lipinski definition) is 5. The predicted octanol–water partition coefficient (Wildman–Crippen LogP) is 3.54. The number of rotatable bonds is 16. The molecule has 0 spiro atoms. The van der Waals surface area contributed by atoms with E-state index in [4.69, 9.17) is 0 Å². The van der Waals surface area contributed by atoms with Crippen molar-refractivity contribution in [2.45, 2.75) is 102 Å². The molecule has 246 valence electrons. The van der Waals surface area contributed by atoms with Gasteiger partial charge in [0.25, 0.3) is 0 Å². The lowest BCUT2D eigenvalue weighted by Crippen LogP contribution is -2.47. The number of nitrogens with one attached hydrogen (secondary N) is 5. The highest BCUT2D eigenvalue weighted by Crippen LogP contribution is 2.27. The van der Waals surface area contributed by atoms with Gasteiger partial charge < -0.3 is 31.5 Å². The maximum Gasteiger partial charge on any atom is 0.471 e. The molecule has 0 atom stereocenters. The van der Waals surface area contributed by atoms with Crippen LogP contribution in [0, 0.1) is 0 Å². The smallest absolute Gasteiger partial charge is 0.373 e. The zero-order valence-electron chi connectivity index (χ0n) is 26.0. The lowest BCUT2D eigenvalue weighted by Gasteiger charge is -2.33. The van der Waals surface area contributed by atoms with Gasteiger partial charge in [-0.15, -0.1) is 5.10 Å². The van der Waals surface area contributed by atoms with E-state index in [1.165, 1.54) is 32.1 Å². The summed E-state index contributed by atoms with van der Waals surface area (Å²) in [5, 5.41) is 25.4. The van der Waals surface area contributed by atoms with Gasteiger partial charge in [0.1, 0.15) is 17.3 Å². The van der Waals surface area contributed by atoms with E-state index < -0.39 is 12.1 Å². The number of aryl methyl sites for hydroxylation is 1. The van der Waals surface area contributed by atoms with Gasteiger partial charge >= 0.3 is 12.1 Å². The molecule has 0 bridgehead atoms. The molecule has 0 radical (unpaired) electrons. The number of piperidine rings is 1. The summed E-state index contributed by atoms with van der Waals surface area (Å²) in [7, 11) is 1.78. The van der Waals surface area contributed by atoms with Crippen LogP contribution in [-0.4, -0.2) is 93.8 Å². The molecule has 2 aliphatic rings. The van der Waals surface area contributed by atoms with E-state index in [1.807, 2.05) is 17.8 Å². The lowest BCUT2D eigenvalue weighted by molar-refractivity contribution is -0.186. The number of aromatic nitrogens is 5. The van der Waals surface area contributed by atoms with Crippen molar-refractivity contribution in [3.63, 3.8) is 0 Å². The van der Waals surface area contributed by atoms with Crippen LogP contribution in [0.5, 0.6) is 0 Å². The molecule has 1 saturated carbocycles. The molecule has 3 heterocycles. The summed E-state index contributed by atoms with van der Waals surface area (Å²) in [6.45, 7) is 6.23. The van der Waals surface area contributed by atoms with Crippen LogP contribution in [0.3, 0.4) is 0 Å². The Morgan fingerprint density at radius 1 is 0.977 bits per heavy atom. The zero-order chi connectivity index (χ0) is 31.4. The Balaban J connectivity index is 1.20. The van der Waals surface area contributed by atoms with Gasteiger partial charge in [-0.05, 0) is 64.6 Å². The number of halogens is 3. The second-order valence-corrected chi connectivity index (χ2v) is 11.6. The Morgan fingerprint density at radius 2 is 1.70 bits per heavy atom. The van der Waals surface area contributed by atoms with Crippen molar-refractivity contribution in [2.24, 2.45) is 0 Å². The van der Waals surface area contributed by atoms with Crippen LogP contribution in [0.25, 0.3) is 0 Å². The second-order valence-electron chi connectivity index (χ2n) is 11.6. The average molecular weight is 624 g/mol. The highest BCUT2D eigenvalue weighted by molar-refractivity contribution is 5.82. The van der Waals surface area contributed by atoms with E-state index in [0.29, 0.717) is 49.4 Å². The van der Waals surface area contributed by atoms with Gasteiger partial charge in [0.2, 0.25) is 5.95 Å². The Morgan fingerprint density at radius 3 is 2.41 bits per heavy atom. The number of hydrogen-bond acceptors (Lipinski definition) is 10. The molecular weight excluding hydrogens is 575 g/mol. The van der Waals surface area contributed by atoms with Crippen LogP contribution >= 0.6 is 0 Å². The fourth-order valence-electron chi connectivity index (χ4n) is 5.84. The van der Waals surface area contributed by atoms with E-state index in [2.05, 4.69) is 46.9 Å². The van der Waals surface area contributed by atoms with Crippen molar-refractivity contribution in [3.8, 4) is 0 Å². The first kappa shape index (κ1) is 33.7. The summed E-state index contributed by atoms with van der Waals surface area (Å²) in [5.41, 5.74) is 1.64. The Labute approximate surface area is 257 Å². The molecule has 0 unspecified atom stereocenters. The van der Waals surface area contributed by atoms with Crippen LogP contribution in [-0.2, 0) is 24.3 Å². The highest BCUT2D eigenvalue weighted by atomic mass is 19.4. The molecule has 1 aliphatic heterocycles. The van der Waals surface area contributed by atoms with Crippen molar-refractivity contribution < 1.29 is 18.0 Å². The number of nitrogens with zero attached hydrogens (tertiary/aromatic N) is 6. The number of carbonyl (C=O) groups excluding carboxylic acids is 1. The number of carbonyl (C=O) groups is 1. The molecule has 5 N–H and O–H groups in total. The third-order valence-electron chi connectivity index (χ3n) is 8.29. The van der Waals surface area contributed by atoms with E-state index in [0.717, 1.165) is 55.2 Å². The number of alkyl halides is 3. The minimum absolute atomic E-state index is 0.0378. The predicted molar refractivity (Wildman–Crippen MR) is 165 cm³/mol. The molecule has 0 aromatic carbocycles. The summed E-state index contributed by atoms with van der Waals surface area (Å²) in [6.07, 6.45) is 7.33. The molecule has 1 amide bonds. The average Bonchev–Trinajstić information content (AvgIpc) is 3.48. The Hall–Kier alpha value is -3.20. The molecule has 4 rings (SSSR count). The van der Waals surface area contributed by atoms with E-state index >= 15 is 0 Å². The Bertz CT molecular complexity index is 1160. The fourth-order valence-corrected chi connectivity index (χ4v) is 5.84. The number of likely N-dealkylation sites (tertiary alicyclic amines) is 1. The van der Waals surface area contributed by atoms with E-state index in [9.17, 15) is 18.0 Å². The normalized spacial score (nSPS) is 16.7. The third kappa shape index (κ3) is 10.2. The maximum absolute atomic E-state index is 12.8. The minimum Gasteiger partial charge on any atom is -0.373 e. The van der Waals surface area contributed by atoms with Gasteiger partial charge in [0.15, 0.2) is 0 Å². The van der Waals surface area contributed by atoms with Crippen LogP contribution in [0.2, 0.25) is 0 Å². The standard InChI is InChI=1S/C29H48F3N11O/c1-3-24-25(33-2)38-28(39-26(24)37-22-11-17-42(18-12-22)27(44)29(30,31)32)36-19-23-20-43(41-40-23)16-8-14-34-13-7-15-35-21-9-5-4-6-10-21/h20-22,34-35H,3-19H2,1-2H3,(H3,33,36,37,38,39). The molecule has 12 nitrogen and oxygen atoms in total. The highest BCUT2D eigenvalue weighted by Gasteiger charge is 2.43. The maximum atomic E-state index is 12.8. The van der Waals surface area contributed by atoms with Gasteiger partial charge in [0, 0.05) is 44.3 Å². The van der Waals surface area contributed by atoms with E-state index in [-0.39, 0.29) is 19.1 Å². The van der Waals surface area contributed by atoms with Gasteiger partial charge in [-0.3, -0.25) is 9.48 Å². The topological polar surface area (TPSA) is 137 Å². The van der Waals surface area contributed by atoms with Crippen LogP contribution in [0.1, 0.15) is 76.0 Å². The lowest BCUT2D eigenvalue weighted by atomic mass is 9.95. The van der Waals surface area contributed by atoms with Gasteiger partial charge in [-0.1, -0.05) is 31.4 Å². The molecule has 44 heavy (non-hydrogen) atoms. The quantitative estimate of drug-likeness (QED) is 0.177. The van der Waals surface area contributed by atoms with Crippen LogP contribution < -0.4 is 26.6 Å². The van der Waals surface area contributed by atoms with Crippen LogP contribution in [0.4, 0.5) is 30.8 Å².